The Bertz CT molecular complexity index is 888. The third-order valence-corrected chi connectivity index (χ3v) is 4.40. The van der Waals surface area contributed by atoms with E-state index in [0.717, 1.165) is 0 Å². The number of nitro benzene ring substituents is 1. The fraction of sp³-hybridized carbons (Fsp3) is 0.409. The molecule has 0 atom stereocenters. The average Bonchev–Trinajstić information content (AvgIpc) is 2.70. The molecular weight excluding hydrogens is 388 g/mol. The number of nitrogens with one attached hydrogen (secondary N) is 1. The van der Waals surface area contributed by atoms with Gasteiger partial charge < -0.3 is 19.5 Å². The second kappa shape index (κ2) is 9.96. The van der Waals surface area contributed by atoms with Crippen LogP contribution in [0.4, 0.5) is 5.69 Å². The SMILES string of the molecule is CCOc1cc([N+](=O)[O-])c(C(=O)NCCOc2ccc(C(C)(C)C)cc2)cc1OC. The number of amides is 1. The number of hydrogen-bond acceptors (Lipinski definition) is 6. The number of methoxy groups -OCH3 is 1. The maximum atomic E-state index is 12.5. The summed E-state index contributed by atoms with van der Waals surface area (Å²) >= 11 is 0. The van der Waals surface area contributed by atoms with Crippen LogP contribution in [0, 0.1) is 10.1 Å². The Morgan fingerprint density at radius 1 is 1.10 bits per heavy atom. The fourth-order valence-electron chi connectivity index (χ4n) is 2.79. The van der Waals surface area contributed by atoms with Gasteiger partial charge in [-0.25, -0.2) is 0 Å². The maximum Gasteiger partial charge on any atom is 0.286 e. The molecule has 0 radical (unpaired) electrons. The first-order valence-corrected chi connectivity index (χ1v) is 9.68. The highest BCUT2D eigenvalue weighted by Crippen LogP contribution is 2.34. The van der Waals surface area contributed by atoms with Gasteiger partial charge in [-0.2, -0.15) is 0 Å². The minimum absolute atomic E-state index is 0.0556. The van der Waals surface area contributed by atoms with Gasteiger partial charge in [0.25, 0.3) is 11.6 Å². The van der Waals surface area contributed by atoms with E-state index in [4.69, 9.17) is 14.2 Å². The van der Waals surface area contributed by atoms with Crippen molar-refractivity contribution in [3.05, 3.63) is 57.6 Å². The first-order valence-electron chi connectivity index (χ1n) is 9.68. The first kappa shape index (κ1) is 23.0. The third-order valence-electron chi connectivity index (χ3n) is 4.40. The smallest absolute Gasteiger partial charge is 0.286 e. The van der Waals surface area contributed by atoms with Crippen LogP contribution < -0.4 is 19.5 Å². The van der Waals surface area contributed by atoms with Crippen molar-refractivity contribution in [2.45, 2.75) is 33.1 Å². The summed E-state index contributed by atoms with van der Waals surface area (Å²) in [6.07, 6.45) is 0. The first-order chi connectivity index (χ1) is 14.2. The predicted octanol–water partition coefficient (Wildman–Crippen LogP) is 4.11. The van der Waals surface area contributed by atoms with Crippen molar-refractivity contribution in [2.75, 3.05) is 26.9 Å². The Labute approximate surface area is 176 Å². The summed E-state index contributed by atoms with van der Waals surface area (Å²) in [7, 11) is 1.41. The summed E-state index contributed by atoms with van der Waals surface area (Å²) in [6.45, 7) is 8.87. The zero-order valence-electron chi connectivity index (χ0n) is 18.0. The molecule has 0 bridgehead atoms. The van der Waals surface area contributed by atoms with Gasteiger partial charge in [-0.1, -0.05) is 32.9 Å². The molecule has 8 heteroatoms. The minimum Gasteiger partial charge on any atom is -0.493 e. The van der Waals surface area contributed by atoms with Crippen molar-refractivity contribution in [3.8, 4) is 17.2 Å². The summed E-state index contributed by atoms with van der Waals surface area (Å²) in [5.41, 5.74) is 0.796. The van der Waals surface area contributed by atoms with E-state index in [1.807, 2.05) is 24.3 Å². The molecule has 0 saturated carbocycles. The van der Waals surface area contributed by atoms with Crippen LogP contribution in [-0.2, 0) is 5.41 Å². The lowest BCUT2D eigenvalue weighted by atomic mass is 9.87. The summed E-state index contributed by atoms with van der Waals surface area (Å²) in [5.74, 6) is 0.564. The van der Waals surface area contributed by atoms with Gasteiger partial charge in [0.15, 0.2) is 11.5 Å². The Balaban J connectivity index is 2.01. The van der Waals surface area contributed by atoms with Crippen LogP contribution in [0.15, 0.2) is 36.4 Å². The molecular formula is C22H28N2O6. The molecule has 0 spiro atoms. The number of carbonyl (C=O) groups excluding carboxylic acids is 1. The normalized spacial score (nSPS) is 11.0. The average molecular weight is 416 g/mol. The number of ether oxygens (including phenoxy) is 3. The zero-order valence-corrected chi connectivity index (χ0v) is 18.0. The van der Waals surface area contributed by atoms with Crippen LogP contribution in [-0.4, -0.2) is 37.7 Å². The van der Waals surface area contributed by atoms with Gasteiger partial charge in [-0.05, 0) is 30.0 Å². The standard InChI is InChI=1S/C22H28N2O6/c1-6-29-20-14-18(24(26)27)17(13-19(20)28-5)21(25)23-11-12-30-16-9-7-15(8-10-16)22(2,3)4/h7-10,13-14H,6,11-12H2,1-5H3,(H,23,25). The number of rotatable bonds is 9. The second-order valence-corrected chi connectivity index (χ2v) is 7.59. The summed E-state index contributed by atoms with van der Waals surface area (Å²) in [6, 6.07) is 10.3. The van der Waals surface area contributed by atoms with Gasteiger partial charge in [-0.3, -0.25) is 14.9 Å². The molecule has 0 saturated heterocycles. The second-order valence-electron chi connectivity index (χ2n) is 7.59. The largest absolute Gasteiger partial charge is 0.493 e. The molecule has 0 fully saturated rings. The van der Waals surface area contributed by atoms with Crippen LogP contribution in [0.5, 0.6) is 17.2 Å². The molecule has 0 heterocycles. The topological polar surface area (TPSA) is 99.9 Å². The molecule has 0 aliphatic carbocycles. The zero-order chi connectivity index (χ0) is 22.3. The highest BCUT2D eigenvalue weighted by Gasteiger charge is 2.24. The Morgan fingerprint density at radius 3 is 2.30 bits per heavy atom. The van der Waals surface area contributed by atoms with Crippen molar-refractivity contribution in [1.29, 1.82) is 0 Å². The maximum absolute atomic E-state index is 12.5. The summed E-state index contributed by atoms with van der Waals surface area (Å²) in [4.78, 5) is 23.3. The molecule has 0 unspecified atom stereocenters. The fourth-order valence-corrected chi connectivity index (χ4v) is 2.79. The molecule has 0 aromatic heterocycles. The predicted molar refractivity (Wildman–Crippen MR) is 114 cm³/mol. The van der Waals surface area contributed by atoms with Crippen LogP contribution in [0.1, 0.15) is 43.6 Å². The molecule has 0 aliphatic heterocycles. The van der Waals surface area contributed by atoms with Crippen LogP contribution >= 0.6 is 0 Å². The van der Waals surface area contributed by atoms with E-state index in [9.17, 15) is 14.9 Å². The van der Waals surface area contributed by atoms with E-state index < -0.39 is 10.8 Å². The number of nitrogens with zero attached hydrogens (tertiary/aromatic N) is 1. The number of hydrogen-bond donors (Lipinski definition) is 1. The highest BCUT2D eigenvalue weighted by atomic mass is 16.6. The van der Waals surface area contributed by atoms with E-state index >= 15 is 0 Å². The molecule has 2 aromatic rings. The summed E-state index contributed by atoms with van der Waals surface area (Å²) < 4.78 is 16.2. The molecule has 2 rings (SSSR count). The number of benzene rings is 2. The summed E-state index contributed by atoms with van der Waals surface area (Å²) in [5, 5.41) is 14.0. The molecule has 1 amide bonds. The monoisotopic (exact) mass is 416 g/mol. The van der Waals surface area contributed by atoms with Crippen LogP contribution in [0.3, 0.4) is 0 Å². The van der Waals surface area contributed by atoms with E-state index in [1.54, 1.807) is 6.92 Å². The molecule has 2 aromatic carbocycles. The van der Waals surface area contributed by atoms with Crippen molar-refractivity contribution in [2.24, 2.45) is 0 Å². The minimum atomic E-state index is -0.621. The molecule has 0 aliphatic rings. The molecule has 1 N–H and O–H groups in total. The molecule has 8 nitrogen and oxygen atoms in total. The van der Waals surface area contributed by atoms with Gasteiger partial charge >= 0.3 is 0 Å². The van der Waals surface area contributed by atoms with E-state index in [0.29, 0.717) is 12.4 Å². The van der Waals surface area contributed by atoms with E-state index in [2.05, 4.69) is 26.1 Å². The lowest BCUT2D eigenvalue weighted by Crippen LogP contribution is -2.28. The number of nitro groups is 1. The lowest BCUT2D eigenvalue weighted by molar-refractivity contribution is -0.385. The Hall–Kier alpha value is -3.29. The van der Waals surface area contributed by atoms with Gasteiger partial charge in [0.05, 0.1) is 31.3 Å². The van der Waals surface area contributed by atoms with Crippen molar-refractivity contribution >= 4 is 11.6 Å². The van der Waals surface area contributed by atoms with E-state index in [1.165, 1.54) is 24.8 Å². The van der Waals surface area contributed by atoms with Crippen molar-refractivity contribution in [1.82, 2.24) is 5.32 Å². The van der Waals surface area contributed by atoms with Crippen molar-refractivity contribution < 1.29 is 23.9 Å². The van der Waals surface area contributed by atoms with Gasteiger partial charge in [-0.15, -0.1) is 0 Å². The van der Waals surface area contributed by atoms with Crippen LogP contribution in [0.2, 0.25) is 0 Å². The quantitative estimate of drug-likeness (QED) is 0.375. The third kappa shape index (κ3) is 5.85. The highest BCUT2D eigenvalue weighted by molar-refractivity contribution is 5.99. The Morgan fingerprint density at radius 2 is 1.77 bits per heavy atom. The van der Waals surface area contributed by atoms with Gasteiger partial charge in [0.1, 0.15) is 17.9 Å². The lowest BCUT2D eigenvalue weighted by Gasteiger charge is -2.19. The van der Waals surface area contributed by atoms with Crippen molar-refractivity contribution in [3.63, 3.8) is 0 Å². The van der Waals surface area contributed by atoms with Gasteiger partial charge in [0.2, 0.25) is 0 Å². The van der Waals surface area contributed by atoms with Crippen LogP contribution in [0.25, 0.3) is 0 Å². The van der Waals surface area contributed by atoms with E-state index in [-0.39, 0.29) is 41.3 Å². The Kier molecular flexibility index (Phi) is 7.63. The molecule has 162 valence electrons. The number of carbonyl (C=O) groups is 1. The van der Waals surface area contributed by atoms with Gasteiger partial charge in [0, 0.05) is 6.07 Å². The molecule has 30 heavy (non-hydrogen) atoms.